The molecular weight excluding hydrogens is 402 g/mol. The Hall–Kier alpha value is -3.11. The van der Waals surface area contributed by atoms with Gasteiger partial charge in [0.15, 0.2) is 0 Å². The molecule has 7 nitrogen and oxygen atoms in total. The highest BCUT2D eigenvalue weighted by Gasteiger charge is 2.26. The molecule has 1 aromatic carbocycles. The largest absolute Gasteiger partial charge is 0.369 e. The van der Waals surface area contributed by atoms with Crippen LogP contribution in [0.1, 0.15) is 41.6 Å². The second-order valence-corrected chi connectivity index (χ2v) is 9.00. The first-order valence-electron chi connectivity index (χ1n) is 11.4. The number of aromatic amines is 1. The summed E-state index contributed by atoms with van der Waals surface area (Å²) in [7, 11) is 0. The van der Waals surface area contributed by atoms with Gasteiger partial charge >= 0.3 is 0 Å². The van der Waals surface area contributed by atoms with Crippen LogP contribution in [0.3, 0.4) is 0 Å². The minimum atomic E-state index is -0.374. The second kappa shape index (κ2) is 9.58. The summed E-state index contributed by atoms with van der Waals surface area (Å²) in [6.45, 7) is 9.02. The lowest BCUT2D eigenvalue weighted by Gasteiger charge is -2.36. The van der Waals surface area contributed by atoms with Gasteiger partial charge in [0.05, 0.1) is 0 Å². The average molecular weight is 434 g/mol. The van der Waals surface area contributed by atoms with Gasteiger partial charge in [0, 0.05) is 56.2 Å². The fourth-order valence-electron chi connectivity index (χ4n) is 4.52. The summed E-state index contributed by atoms with van der Waals surface area (Å²) in [5, 5.41) is 12.2. The van der Waals surface area contributed by atoms with Crippen LogP contribution in [0.15, 0.2) is 29.1 Å². The number of aryl methyl sites for hydroxylation is 1. The predicted molar refractivity (Wildman–Crippen MR) is 126 cm³/mol. The van der Waals surface area contributed by atoms with E-state index in [1.165, 1.54) is 19.4 Å². The molecule has 168 valence electrons. The number of rotatable bonds is 7. The number of nitrogens with zero attached hydrogens (tertiary/aromatic N) is 3. The Morgan fingerprint density at radius 1 is 1.22 bits per heavy atom. The zero-order chi connectivity index (χ0) is 22.7. The van der Waals surface area contributed by atoms with Gasteiger partial charge in [-0.15, -0.1) is 0 Å². The third-order valence-corrected chi connectivity index (χ3v) is 6.60. The average Bonchev–Trinajstić information content (AvgIpc) is 3.58. The van der Waals surface area contributed by atoms with E-state index >= 15 is 0 Å². The molecule has 1 saturated heterocycles. The molecule has 0 atom stereocenters. The molecule has 0 bridgehead atoms. The molecule has 1 aromatic heterocycles. The lowest BCUT2D eigenvalue weighted by Crippen LogP contribution is -2.47. The van der Waals surface area contributed by atoms with Gasteiger partial charge in [-0.1, -0.05) is 6.07 Å². The maximum absolute atomic E-state index is 12.6. The summed E-state index contributed by atoms with van der Waals surface area (Å²) in [5.74, 6) is 0.843. The maximum Gasteiger partial charge on any atom is 0.266 e. The number of piperazine rings is 1. The zero-order valence-electron chi connectivity index (χ0n) is 18.9. The van der Waals surface area contributed by atoms with E-state index in [9.17, 15) is 14.9 Å². The molecule has 32 heavy (non-hydrogen) atoms. The molecule has 2 aliphatic rings. The summed E-state index contributed by atoms with van der Waals surface area (Å²) >= 11 is 0. The Balaban J connectivity index is 1.33. The van der Waals surface area contributed by atoms with Gasteiger partial charge < -0.3 is 15.2 Å². The van der Waals surface area contributed by atoms with Crippen molar-refractivity contribution < 1.29 is 4.79 Å². The van der Waals surface area contributed by atoms with Gasteiger partial charge in [-0.05, 0) is 68.4 Å². The zero-order valence-corrected chi connectivity index (χ0v) is 18.9. The summed E-state index contributed by atoms with van der Waals surface area (Å²) in [6, 6.07) is 9.99. The highest BCUT2D eigenvalue weighted by Crippen LogP contribution is 2.30. The Morgan fingerprint density at radius 2 is 1.97 bits per heavy atom. The Morgan fingerprint density at radius 3 is 2.66 bits per heavy atom. The van der Waals surface area contributed by atoms with Gasteiger partial charge in [0.1, 0.15) is 11.6 Å². The van der Waals surface area contributed by atoms with Crippen LogP contribution in [0.2, 0.25) is 0 Å². The van der Waals surface area contributed by atoms with E-state index in [2.05, 4.69) is 26.2 Å². The van der Waals surface area contributed by atoms with Crippen molar-refractivity contribution in [1.29, 1.82) is 5.26 Å². The number of carbonyl (C=O) groups is 1. The third kappa shape index (κ3) is 5.20. The van der Waals surface area contributed by atoms with Gasteiger partial charge in [-0.3, -0.25) is 14.5 Å². The van der Waals surface area contributed by atoms with Crippen molar-refractivity contribution in [2.75, 3.05) is 42.9 Å². The van der Waals surface area contributed by atoms with Crippen LogP contribution in [0.4, 0.5) is 11.4 Å². The Labute approximate surface area is 189 Å². The Kier molecular flexibility index (Phi) is 6.61. The molecule has 0 unspecified atom stereocenters. The Bertz CT molecular complexity index is 1090. The van der Waals surface area contributed by atoms with Crippen molar-refractivity contribution in [2.24, 2.45) is 5.92 Å². The summed E-state index contributed by atoms with van der Waals surface area (Å²) in [5.41, 5.74) is 3.90. The maximum atomic E-state index is 12.6. The molecule has 4 rings (SSSR count). The lowest BCUT2D eigenvalue weighted by molar-refractivity contribution is -0.116. The highest BCUT2D eigenvalue weighted by molar-refractivity contribution is 5.91. The predicted octanol–water partition coefficient (Wildman–Crippen LogP) is 2.97. The molecular formula is C25H31N5O2. The van der Waals surface area contributed by atoms with Crippen molar-refractivity contribution in [2.45, 2.75) is 39.5 Å². The monoisotopic (exact) mass is 433 g/mol. The number of pyridine rings is 1. The molecule has 2 N–H and O–H groups in total. The van der Waals surface area contributed by atoms with Crippen LogP contribution in [-0.4, -0.2) is 48.5 Å². The molecule has 1 aliphatic carbocycles. The number of amides is 1. The molecule has 2 fully saturated rings. The van der Waals surface area contributed by atoms with Gasteiger partial charge in [-0.25, -0.2) is 0 Å². The topological polar surface area (TPSA) is 92.2 Å². The van der Waals surface area contributed by atoms with Crippen molar-refractivity contribution in [3.63, 3.8) is 0 Å². The number of anilines is 2. The van der Waals surface area contributed by atoms with Crippen LogP contribution in [-0.2, 0) is 11.2 Å². The van der Waals surface area contributed by atoms with Gasteiger partial charge in [-0.2, -0.15) is 5.26 Å². The van der Waals surface area contributed by atoms with E-state index in [0.29, 0.717) is 17.7 Å². The molecule has 2 heterocycles. The number of aromatic nitrogens is 1. The molecule has 0 spiro atoms. The normalized spacial score (nSPS) is 16.6. The molecule has 0 radical (unpaired) electrons. The molecule has 7 heteroatoms. The minimum Gasteiger partial charge on any atom is -0.369 e. The number of benzene rings is 1. The third-order valence-electron chi connectivity index (χ3n) is 6.60. The van der Waals surface area contributed by atoms with Crippen LogP contribution in [0.5, 0.6) is 0 Å². The van der Waals surface area contributed by atoms with Crippen molar-refractivity contribution in [3.05, 3.63) is 57.0 Å². The first kappa shape index (κ1) is 22.1. The number of nitrogens with one attached hydrogen (secondary N) is 2. The van der Waals surface area contributed by atoms with Gasteiger partial charge in [0.25, 0.3) is 5.56 Å². The van der Waals surface area contributed by atoms with Crippen LogP contribution < -0.4 is 15.8 Å². The summed E-state index contributed by atoms with van der Waals surface area (Å²) < 4.78 is 0. The molecule has 1 amide bonds. The fraction of sp³-hybridized carbons (Fsp3) is 0.480. The van der Waals surface area contributed by atoms with E-state index in [0.717, 1.165) is 49.0 Å². The lowest BCUT2D eigenvalue weighted by atomic mass is 9.99. The summed E-state index contributed by atoms with van der Waals surface area (Å²) in [4.78, 5) is 32.2. The van der Waals surface area contributed by atoms with E-state index in [1.54, 1.807) is 13.8 Å². The number of H-pyrrole nitrogens is 1. The highest BCUT2D eigenvalue weighted by atomic mass is 16.1. The van der Waals surface area contributed by atoms with Crippen LogP contribution in [0, 0.1) is 31.1 Å². The van der Waals surface area contributed by atoms with E-state index in [4.69, 9.17) is 0 Å². The first-order chi connectivity index (χ1) is 15.4. The molecule has 1 aliphatic heterocycles. The number of carbonyl (C=O) groups excluding carboxylic acids is 1. The smallest absolute Gasteiger partial charge is 0.266 e. The number of hydrogen-bond donors (Lipinski definition) is 2. The van der Waals surface area contributed by atoms with E-state index < -0.39 is 0 Å². The summed E-state index contributed by atoms with van der Waals surface area (Å²) in [6.07, 6.45) is 3.53. The number of hydrogen-bond acceptors (Lipinski definition) is 5. The van der Waals surface area contributed by atoms with E-state index in [-0.39, 0.29) is 23.5 Å². The SMILES string of the molecule is Cc1[nH]c(=O)c(C#N)c(C)c1CCC(=O)Nc1cccc(N2CCN(CC3CC3)CC2)c1. The first-order valence-corrected chi connectivity index (χ1v) is 11.4. The minimum absolute atomic E-state index is 0.0834. The standard InChI is InChI=1S/C25H31N5O2/c1-17-22(18(2)27-25(32)23(17)15-26)8-9-24(31)28-20-4-3-5-21(14-20)30-12-10-29(11-13-30)16-19-6-7-19/h3-5,14,19H,6-13,16H2,1-2H3,(H,27,32)(H,28,31). The van der Waals surface area contributed by atoms with Crippen molar-refractivity contribution in [1.82, 2.24) is 9.88 Å². The van der Waals surface area contributed by atoms with Crippen molar-refractivity contribution in [3.8, 4) is 6.07 Å². The second-order valence-electron chi connectivity index (χ2n) is 9.00. The molecule has 2 aromatic rings. The van der Waals surface area contributed by atoms with Crippen molar-refractivity contribution >= 4 is 17.3 Å². The molecule has 1 saturated carbocycles. The fourth-order valence-corrected chi connectivity index (χ4v) is 4.52. The number of nitriles is 1. The van der Waals surface area contributed by atoms with Gasteiger partial charge in [0.2, 0.25) is 5.91 Å². The van der Waals surface area contributed by atoms with Crippen LogP contribution in [0.25, 0.3) is 0 Å². The van der Waals surface area contributed by atoms with Crippen LogP contribution >= 0.6 is 0 Å². The quantitative estimate of drug-likeness (QED) is 0.700. The van der Waals surface area contributed by atoms with E-state index in [1.807, 2.05) is 24.3 Å².